The van der Waals surface area contributed by atoms with Gasteiger partial charge in [0.15, 0.2) is 31.6 Å². The molecule has 1 aliphatic rings. The number of rotatable bonds is 8. The van der Waals surface area contributed by atoms with Gasteiger partial charge in [-0.25, -0.2) is 9.37 Å². The van der Waals surface area contributed by atoms with Crippen LogP contribution >= 0.6 is 20.0 Å². The van der Waals surface area contributed by atoms with Gasteiger partial charge >= 0.3 is 0 Å². The van der Waals surface area contributed by atoms with E-state index in [0.29, 0.717) is 23.9 Å². The lowest BCUT2D eigenvalue weighted by atomic mass is 10.1. The van der Waals surface area contributed by atoms with Crippen LogP contribution in [0.4, 0.5) is 10.2 Å². The van der Waals surface area contributed by atoms with Crippen molar-refractivity contribution in [3.05, 3.63) is 47.3 Å². The maximum absolute atomic E-state index is 14.2. The summed E-state index contributed by atoms with van der Waals surface area (Å²) in [4.78, 5) is 30.9. The predicted molar refractivity (Wildman–Crippen MR) is 120 cm³/mol. The Labute approximate surface area is 195 Å². The number of anilines is 1. The SMILES string of the molecule is C[C@H](Nc1nc(Cl)nc2c1ncn2C1OC(CCCP(O)O)C(O)C1O)c1ccccc1F. The van der Waals surface area contributed by atoms with Crippen molar-refractivity contribution in [1.82, 2.24) is 19.5 Å². The van der Waals surface area contributed by atoms with E-state index in [-0.39, 0.29) is 28.7 Å². The predicted octanol–water partition coefficient (Wildman–Crippen LogP) is 2.49. The third-order valence-corrected chi connectivity index (χ3v) is 6.46. The molecule has 1 aromatic carbocycles. The molecule has 33 heavy (non-hydrogen) atoms. The van der Waals surface area contributed by atoms with Gasteiger partial charge in [-0.1, -0.05) is 18.2 Å². The molecule has 1 saturated heterocycles. The van der Waals surface area contributed by atoms with Crippen molar-refractivity contribution < 1.29 is 29.1 Å². The normalized spacial score (nSPS) is 24.0. The first-order valence-electron chi connectivity index (χ1n) is 10.3. The molecular weight excluding hydrogens is 476 g/mol. The minimum atomic E-state index is -2.03. The first-order chi connectivity index (χ1) is 15.8. The summed E-state index contributed by atoms with van der Waals surface area (Å²) in [6.45, 7) is 1.77. The Kier molecular flexibility index (Phi) is 7.40. The van der Waals surface area contributed by atoms with Gasteiger partial charge in [0.2, 0.25) is 5.28 Å². The Morgan fingerprint density at radius 2 is 2.00 bits per heavy atom. The van der Waals surface area contributed by atoms with Crippen LogP contribution in [-0.2, 0) is 4.74 Å². The summed E-state index contributed by atoms with van der Waals surface area (Å²) in [6.07, 6.45) is -1.78. The van der Waals surface area contributed by atoms with Crippen LogP contribution in [-0.4, -0.2) is 64.0 Å². The lowest BCUT2D eigenvalue weighted by molar-refractivity contribution is -0.0370. The van der Waals surface area contributed by atoms with E-state index >= 15 is 0 Å². The molecule has 1 fully saturated rings. The van der Waals surface area contributed by atoms with E-state index in [1.807, 2.05) is 0 Å². The van der Waals surface area contributed by atoms with Crippen LogP contribution in [0.15, 0.2) is 30.6 Å². The Balaban J connectivity index is 1.59. The van der Waals surface area contributed by atoms with Gasteiger partial charge in [0, 0.05) is 11.7 Å². The molecule has 4 rings (SSSR count). The van der Waals surface area contributed by atoms with Crippen molar-refractivity contribution in [2.24, 2.45) is 0 Å². The molecule has 10 nitrogen and oxygen atoms in total. The largest absolute Gasteiger partial charge is 0.388 e. The minimum Gasteiger partial charge on any atom is -0.388 e. The number of nitrogens with one attached hydrogen (secondary N) is 1. The molecule has 0 saturated carbocycles. The molecule has 4 unspecified atom stereocenters. The number of aromatic nitrogens is 4. The van der Waals surface area contributed by atoms with E-state index in [2.05, 4.69) is 20.3 Å². The third-order valence-electron chi connectivity index (χ3n) is 5.58. The van der Waals surface area contributed by atoms with Gasteiger partial charge in [-0.2, -0.15) is 9.97 Å². The quantitative estimate of drug-likeness (QED) is 0.233. The van der Waals surface area contributed by atoms with Gasteiger partial charge in [-0.05, 0) is 37.4 Å². The van der Waals surface area contributed by atoms with Gasteiger partial charge in [-0.15, -0.1) is 0 Å². The van der Waals surface area contributed by atoms with Crippen molar-refractivity contribution in [3.8, 4) is 0 Å². The molecular formula is C20H24ClFN5O5P. The molecule has 5 N–H and O–H groups in total. The number of aliphatic hydroxyl groups excluding tert-OH is 2. The topological polar surface area (TPSA) is 146 Å². The van der Waals surface area contributed by atoms with Crippen LogP contribution in [0.3, 0.4) is 0 Å². The summed E-state index contributed by atoms with van der Waals surface area (Å²) in [5.74, 6) is -0.0831. The van der Waals surface area contributed by atoms with Crippen LogP contribution in [0.25, 0.3) is 11.2 Å². The van der Waals surface area contributed by atoms with Crippen LogP contribution < -0.4 is 5.32 Å². The molecule has 0 aliphatic carbocycles. The number of aliphatic hydroxyl groups is 2. The number of hydrogen-bond acceptors (Lipinski definition) is 9. The van der Waals surface area contributed by atoms with Crippen molar-refractivity contribution in [2.45, 2.75) is 50.3 Å². The molecule has 3 aromatic rings. The minimum absolute atomic E-state index is 0.0867. The second-order valence-electron chi connectivity index (χ2n) is 7.84. The van der Waals surface area contributed by atoms with Crippen LogP contribution in [0, 0.1) is 5.82 Å². The van der Waals surface area contributed by atoms with Crippen LogP contribution in [0.2, 0.25) is 5.28 Å². The van der Waals surface area contributed by atoms with E-state index in [9.17, 15) is 14.6 Å². The summed E-state index contributed by atoms with van der Waals surface area (Å²) in [6, 6.07) is 5.92. The van der Waals surface area contributed by atoms with Gasteiger partial charge in [0.1, 0.15) is 18.0 Å². The zero-order chi connectivity index (χ0) is 23.7. The fourth-order valence-corrected chi connectivity index (χ4v) is 4.55. The van der Waals surface area contributed by atoms with Crippen molar-refractivity contribution in [3.63, 3.8) is 0 Å². The second kappa shape index (κ2) is 10.1. The van der Waals surface area contributed by atoms with Crippen LogP contribution in [0.5, 0.6) is 0 Å². The monoisotopic (exact) mass is 499 g/mol. The van der Waals surface area contributed by atoms with E-state index < -0.39 is 39.0 Å². The highest BCUT2D eigenvalue weighted by Gasteiger charge is 2.44. The van der Waals surface area contributed by atoms with Gasteiger partial charge in [0.25, 0.3) is 0 Å². The first kappa shape index (κ1) is 24.2. The van der Waals surface area contributed by atoms with Crippen LogP contribution in [0.1, 0.15) is 37.6 Å². The lowest BCUT2D eigenvalue weighted by Gasteiger charge is -2.18. The Bertz CT molecular complexity index is 1120. The summed E-state index contributed by atoms with van der Waals surface area (Å²) in [5.41, 5.74) is 1.04. The summed E-state index contributed by atoms with van der Waals surface area (Å²) in [5, 5.41) is 24.0. The molecule has 0 radical (unpaired) electrons. The molecule has 5 atom stereocenters. The smallest absolute Gasteiger partial charge is 0.226 e. The number of nitrogens with zero attached hydrogens (tertiary/aromatic N) is 4. The highest BCUT2D eigenvalue weighted by Crippen LogP contribution is 2.36. The third kappa shape index (κ3) is 5.09. The first-order valence-corrected chi connectivity index (χ1v) is 12.1. The highest BCUT2D eigenvalue weighted by atomic mass is 35.5. The summed E-state index contributed by atoms with van der Waals surface area (Å²) < 4.78 is 21.5. The Morgan fingerprint density at radius 3 is 2.73 bits per heavy atom. The molecule has 0 amide bonds. The number of fused-ring (bicyclic) bond motifs is 1. The Hall–Kier alpha value is -1.98. The molecule has 13 heteroatoms. The highest BCUT2D eigenvalue weighted by molar-refractivity contribution is 7.45. The van der Waals surface area contributed by atoms with Crippen molar-refractivity contribution >= 4 is 37.0 Å². The number of hydrogen-bond donors (Lipinski definition) is 5. The van der Waals surface area contributed by atoms with Crippen molar-refractivity contribution in [2.75, 3.05) is 11.5 Å². The van der Waals surface area contributed by atoms with E-state index in [1.165, 1.54) is 17.0 Å². The average Bonchev–Trinajstić information content (AvgIpc) is 3.30. The molecule has 178 valence electrons. The zero-order valence-electron chi connectivity index (χ0n) is 17.6. The summed E-state index contributed by atoms with van der Waals surface area (Å²) >= 11 is 6.14. The molecule has 2 aromatic heterocycles. The number of imidazole rings is 1. The fraction of sp³-hybridized carbons (Fsp3) is 0.450. The standard InChI is InChI=1S/C20H24ClFN5O5P/c1-10(11-5-2-3-6-12(11)22)24-17-14-18(26-20(21)25-17)27(9-23-14)19-16(29)15(28)13(32-19)7-4-8-33(30)31/h2-3,5-6,9-10,13,15-16,19,28-31H,4,7-8H2,1H3,(H,24,25,26)/t10-,13?,15?,16?,19?/m0/s1. The molecule has 0 bridgehead atoms. The Morgan fingerprint density at radius 1 is 1.24 bits per heavy atom. The number of ether oxygens (including phenoxy) is 1. The fourth-order valence-electron chi connectivity index (χ4n) is 3.92. The average molecular weight is 500 g/mol. The number of halogens is 2. The van der Waals surface area contributed by atoms with E-state index in [0.717, 1.165) is 0 Å². The molecule has 0 spiro atoms. The summed E-state index contributed by atoms with van der Waals surface area (Å²) in [7, 11) is -2.03. The molecule has 3 heterocycles. The van der Waals surface area contributed by atoms with Gasteiger partial charge in [0.05, 0.1) is 18.5 Å². The zero-order valence-corrected chi connectivity index (χ0v) is 19.2. The molecule has 1 aliphatic heterocycles. The van der Waals surface area contributed by atoms with Crippen molar-refractivity contribution in [1.29, 1.82) is 0 Å². The maximum Gasteiger partial charge on any atom is 0.226 e. The number of benzene rings is 1. The van der Waals surface area contributed by atoms with E-state index in [4.69, 9.17) is 26.1 Å². The van der Waals surface area contributed by atoms with Gasteiger partial charge < -0.3 is 30.1 Å². The lowest BCUT2D eigenvalue weighted by Crippen LogP contribution is -2.31. The van der Waals surface area contributed by atoms with E-state index in [1.54, 1.807) is 25.1 Å². The van der Waals surface area contributed by atoms with Gasteiger partial charge in [-0.3, -0.25) is 4.57 Å². The maximum atomic E-state index is 14.2. The second-order valence-corrected chi connectivity index (χ2v) is 9.37.